The first-order valence-electron chi connectivity index (χ1n) is 7.57. The van der Waals surface area contributed by atoms with Crippen LogP contribution in [0.1, 0.15) is 45.8 Å². The lowest BCUT2D eigenvalue weighted by Crippen LogP contribution is -2.33. The van der Waals surface area contributed by atoms with E-state index < -0.39 is 6.10 Å². The molecule has 4 nitrogen and oxygen atoms in total. The summed E-state index contributed by atoms with van der Waals surface area (Å²) < 4.78 is 17.4. The first-order chi connectivity index (χ1) is 9.80. The van der Waals surface area contributed by atoms with E-state index in [1.807, 2.05) is 32.0 Å². The molecule has 0 aliphatic carbocycles. The van der Waals surface area contributed by atoms with Crippen LogP contribution in [0.15, 0.2) is 18.2 Å². The maximum absolute atomic E-state index is 10.9. The highest BCUT2D eigenvalue weighted by Gasteiger charge is 2.49. The van der Waals surface area contributed by atoms with Gasteiger partial charge in [-0.1, -0.05) is 12.1 Å². The predicted molar refractivity (Wildman–Crippen MR) is 79.7 cm³/mol. The van der Waals surface area contributed by atoms with Gasteiger partial charge in [0.2, 0.25) is 0 Å². The van der Waals surface area contributed by atoms with Crippen LogP contribution in [-0.2, 0) is 4.74 Å². The van der Waals surface area contributed by atoms with Crippen molar-refractivity contribution in [2.45, 2.75) is 51.4 Å². The molecule has 3 rings (SSSR count). The van der Waals surface area contributed by atoms with E-state index in [4.69, 9.17) is 14.2 Å². The summed E-state index contributed by atoms with van der Waals surface area (Å²) in [5.41, 5.74) is 0.203. The van der Waals surface area contributed by atoms with Gasteiger partial charge in [0.1, 0.15) is 13.2 Å². The molecule has 0 spiro atoms. The van der Waals surface area contributed by atoms with Crippen molar-refractivity contribution in [3.05, 3.63) is 23.8 Å². The minimum atomic E-state index is -0.626. The van der Waals surface area contributed by atoms with E-state index in [2.05, 4.69) is 13.8 Å². The van der Waals surface area contributed by atoms with Gasteiger partial charge in [-0.3, -0.25) is 0 Å². The van der Waals surface area contributed by atoms with Gasteiger partial charge >= 0.3 is 0 Å². The highest BCUT2D eigenvalue weighted by molar-refractivity contribution is 5.48. The molecule has 4 heteroatoms. The van der Waals surface area contributed by atoms with Crippen LogP contribution in [0.5, 0.6) is 11.5 Å². The fourth-order valence-electron chi connectivity index (χ4n) is 3.64. The Hall–Kier alpha value is -1.26. The summed E-state index contributed by atoms with van der Waals surface area (Å²) >= 11 is 0. The average molecular weight is 292 g/mol. The third kappa shape index (κ3) is 2.62. The maximum atomic E-state index is 10.9. The van der Waals surface area contributed by atoms with Crippen molar-refractivity contribution in [1.82, 2.24) is 0 Å². The summed E-state index contributed by atoms with van der Waals surface area (Å²) in [4.78, 5) is 0. The Kier molecular flexibility index (Phi) is 3.41. The van der Waals surface area contributed by atoms with Crippen molar-refractivity contribution in [3.8, 4) is 11.5 Å². The molecule has 1 saturated heterocycles. The van der Waals surface area contributed by atoms with Crippen LogP contribution in [0.3, 0.4) is 0 Å². The molecule has 2 aliphatic heterocycles. The van der Waals surface area contributed by atoms with Crippen molar-refractivity contribution in [2.24, 2.45) is 5.92 Å². The highest BCUT2D eigenvalue weighted by Crippen LogP contribution is 2.50. The highest BCUT2D eigenvalue weighted by atomic mass is 16.6. The smallest absolute Gasteiger partial charge is 0.167 e. The fourth-order valence-corrected chi connectivity index (χ4v) is 3.64. The lowest BCUT2D eigenvalue weighted by molar-refractivity contribution is -0.0882. The molecule has 116 valence electrons. The van der Waals surface area contributed by atoms with E-state index in [9.17, 15) is 5.11 Å². The summed E-state index contributed by atoms with van der Waals surface area (Å²) in [6.45, 7) is 9.30. The second kappa shape index (κ2) is 4.89. The molecule has 0 aromatic heterocycles. The van der Waals surface area contributed by atoms with Crippen LogP contribution in [0, 0.1) is 5.92 Å². The van der Waals surface area contributed by atoms with E-state index in [1.165, 1.54) is 0 Å². The zero-order chi connectivity index (χ0) is 15.3. The van der Waals surface area contributed by atoms with Gasteiger partial charge in [0.15, 0.2) is 11.5 Å². The van der Waals surface area contributed by atoms with Crippen LogP contribution in [0.4, 0.5) is 0 Å². The number of ether oxygens (including phenoxy) is 3. The van der Waals surface area contributed by atoms with Crippen LogP contribution >= 0.6 is 0 Å². The van der Waals surface area contributed by atoms with E-state index >= 15 is 0 Å². The topological polar surface area (TPSA) is 47.9 Å². The Bertz CT molecular complexity index is 536. The number of aliphatic hydroxyl groups excluding tert-OH is 1. The molecule has 1 N–H and O–H groups in total. The maximum Gasteiger partial charge on any atom is 0.167 e. The van der Waals surface area contributed by atoms with Crippen LogP contribution < -0.4 is 9.47 Å². The van der Waals surface area contributed by atoms with E-state index in [0.29, 0.717) is 24.7 Å². The average Bonchev–Trinajstić information content (AvgIpc) is 2.65. The largest absolute Gasteiger partial charge is 0.486 e. The molecule has 1 aromatic carbocycles. The predicted octanol–water partition coefficient (Wildman–Crippen LogP) is 3.08. The van der Waals surface area contributed by atoms with Gasteiger partial charge in [-0.15, -0.1) is 0 Å². The van der Waals surface area contributed by atoms with Gasteiger partial charge in [0.25, 0.3) is 0 Å². The molecule has 0 radical (unpaired) electrons. The summed E-state index contributed by atoms with van der Waals surface area (Å²) in [6, 6.07) is 5.70. The van der Waals surface area contributed by atoms with Gasteiger partial charge in [-0.2, -0.15) is 0 Å². The van der Waals surface area contributed by atoms with Crippen LogP contribution in [-0.4, -0.2) is 29.5 Å². The summed E-state index contributed by atoms with van der Waals surface area (Å²) in [5.74, 6) is 1.41. The second-order valence-electron chi connectivity index (χ2n) is 7.09. The van der Waals surface area contributed by atoms with Gasteiger partial charge < -0.3 is 19.3 Å². The van der Waals surface area contributed by atoms with Gasteiger partial charge in [0.05, 0.1) is 17.3 Å². The minimum Gasteiger partial charge on any atom is -0.486 e. The zero-order valence-corrected chi connectivity index (χ0v) is 13.2. The van der Waals surface area contributed by atoms with Crippen LogP contribution in [0.25, 0.3) is 0 Å². The van der Waals surface area contributed by atoms with Crippen LogP contribution in [0.2, 0.25) is 0 Å². The molecular formula is C17H24O4. The van der Waals surface area contributed by atoms with Crippen molar-refractivity contribution in [1.29, 1.82) is 0 Å². The summed E-state index contributed by atoms with van der Waals surface area (Å²) in [5, 5.41) is 10.9. The Morgan fingerprint density at radius 2 is 1.86 bits per heavy atom. The summed E-state index contributed by atoms with van der Waals surface area (Å²) in [7, 11) is 0. The number of benzene rings is 1. The molecule has 2 aliphatic rings. The number of fused-ring (bicyclic) bond motifs is 1. The number of rotatable bonds is 2. The minimum absolute atomic E-state index is 0.0181. The van der Waals surface area contributed by atoms with Crippen molar-refractivity contribution in [3.63, 3.8) is 0 Å². The third-order valence-electron chi connectivity index (χ3n) is 4.44. The Morgan fingerprint density at radius 3 is 2.52 bits per heavy atom. The molecule has 2 heterocycles. The Balaban J connectivity index is 1.94. The fraction of sp³-hybridized carbons (Fsp3) is 0.647. The molecule has 2 atom stereocenters. The summed E-state index contributed by atoms with van der Waals surface area (Å²) in [6.07, 6.45) is 0.185. The number of para-hydroxylation sites is 1. The molecule has 1 fully saturated rings. The van der Waals surface area contributed by atoms with Gasteiger partial charge in [-0.25, -0.2) is 0 Å². The molecule has 1 aromatic rings. The quantitative estimate of drug-likeness (QED) is 0.910. The Morgan fingerprint density at radius 1 is 1.14 bits per heavy atom. The SMILES string of the molecule is CC1(C)CC(C(O)c2cccc3c2OCCO3)C(C)(C)O1. The normalized spacial score (nSPS) is 27.4. The lowest BCUT2D eigenvalue weighted by atomic mass is 9.80. The number of hydrogen-bond donors (Lipinski definition) is 1. The first-order valence-corrected chi connectivity index (χ1v) is 7.57. The Labute approximate surface area is 126 Å². The monoisotopic (exact) mass is 292 g/mol. The third-order valence-corrected chi connectivity index (χ3v) is 4.44. The van der Waals surface area contributed by atoms with E-state index in [1.54, 1.807) is 0 Å². The molecule has 0 saturated carbocycles. The molecular weight excluding hydrogens is 268 g/mol. The molecule has 0 bridgehead atoms. The lowest BCUT2D eigenvalue weighted by Gasteiger charge is -2.32. The van der Waals surface area contributed by atoms with E-state index in [-0.39, 0.29) is 17.1 Å². The van der Waals surface area contributed by atoms with Gasteiger partial charge in [0, 0.05) is 11.5 Å². The number of aliphatic hydroxyl groups is 1. The molecule has 21 heavy (non-hydrogen) atoms. The van der Waals surface area contributed by atoms with Gasteiger partial charge in [-0.05, 0) is 40.2 Å². The second-order valence-corrected chi connectivity index (χ2v) is 7.09. The molecule has 0 amide bonds. The van der Waals surface area contributed by atoms with E-state index in [0.717, 1.165) is 12.0 Å². The molecule has 2 unspecified atom stereocenters. The standard InChI is InChI=1S/C17H24O4/c1-16(2)10-12(17(3,4)21-16)14(18)11-6-5-7-13-15(11)20-9-8-19-13/h5-7,12,14,18H,8-10H2,1-4H3. The zero-order valence-electron chi connectivity index (χ0n) is 13.2. The van der Waals surface area contributed by atoms with Crippen molar-refractivity contribution >= 4 is 0 Å². The van der Waals surface area contributed by atoms with Crippen molar-refractivity contribution < 1.29 is 19.3 Å². The van der Waals surface area contributed by atoms with Crippen molar-refractivity contribution in [2.75, 3.05) is 13.2 Å². The number of hydrogen-bond acceptors (Lipinski definition) is 4. The first kappa shape index (κ1) is 14.7.